The van der Waals surface area contributed by atoms with E-state index in [1.54, 1.807) is 4.90 Å². The van der Waals surface area contributed by atoms with E-state index in [1.165, 1.54) is 12.3 Å². The third kappa shape index (κ3) is 2.25. The highest BCUT2D eigenvalue weighted by atomic mass is 16.3. The predicted octanol–water partition coefficient (Wildman–Crippen LogP) is 2.41. The number of nitrogens with zero attached hydrogens (tertiary/aromatic N) is 2. The Labute approximate surface area is 95.5 Å². The molecule has 0 aromatic carbocycles. The van der Waals surface area contributed by atoms with Crippen LogP contribution in [0.4, 0.5) is 0 Å². The van der Waals surface area contributed by atoms with Crippen molar-refractivity contribution in [3.8, 4) is 6.07 Å². The summed E-state index contributed by atoms with van der Waals surface area (Å²) in [5.41, 5.74) is 0.288. The van der Waals surface area contributed by atoms with Crippen LogP contribution in [0.25, 0.3) is 0 Å². The molecule has 4 heteroatoms. The third-order valence-corrected chi connectivity index (χ3v) is 2.33. The largest absolute Gasteiger partial charge is 0.458 e. The molecular weight excluding hydrogens is 204 g/mol. The lowest BCUT2D eigenvalue weighted by molar-refractivity contribution is 0.0610. The van der Waals surface area contributed by atoms with Gasteiger partial charge in [-0.2, -0.15) is 5.26 Å². The fraction of sp³-hybridized carbons (Fsp3) is 0.500. The Kier molecular flexibility index (Phi) is 3.73. The number of furan rings is 1. The maximum Gasteiger partial charge on any atom is 0.291 e. The van der Waals surface area contributed by atoms with Crippen LogP contribution >= 0.6 is 0 Å². The lowest BCUT2D eigenvalue weighted by Gasteiger charge is -2.29. The van der Waals surface area contributed by atoms with E-state index in [2.05, 4.69) is 0 Å². The van der Waals surface area contributed by atoms with E-state index < -0.39 is 0 Å². The number of amides is 1. The standard InChI is InChI=1S/C12H16N2O2/c1-8(2)14(9(3)4)12(15)11-10(7-13)5-6-16-11/h5-6,8-9H,1-4H3. The molecule has 0 bridgehead atoms. The molecule has 4 nitrogen and oxygen atoms in total. The summed E-state index contributed by atoms with van der Waals surface area (Å²) in [6.45, 7) is 7.75. The lowest BCUT2D eigenvalue weighted by atomic mass is 10.2. The van der Waals surface area contributed by atoms with Crippen LogP contribution in [0.3, 0.4) is 0 Å². The molecule has 1 aromatic rings. The monoisotopic (exact) mass is 220 g/mol. The Morgan fingerprint density at radius 1 is 1.38 bits per heavy atom. The Balaban J connectivity index is 3.05. The van der Waals surface area contributed by atoms with Gasteiger partial charge >= 0.3 is 0 Å². The van der Waals surface area contributed by atoms with Crippen molar-refractivity contribution in [2.75, 3.05) is 0 Å². The van der Waals surface area contributed by atoms with E-state index in [0.717, 1.165) is 0 Å². The number of hydrogen-bond donors (Lipinski definition) is 0. The summed E-state index contributed by atoms with van der Waals surface area (Å²) in [5, 5.41) is 8.83. The highest BCUT2D eigenvalue weighted by Crippen LogP contribution is 2.16. The molecule has 0 fully saturated rings. The highest BCUT2D eigenvalue weighted by Gasteiger charge is 2.26. The van der Waals surface area contributed by atoms with Crippen molar-refractivity contribution < 1.29 is 9.21 Å². The van der Waals surface area contributed by atoms with E-state index >= 15 is 0 Å². The van der Waals surface area contributed by atoms with Crippen LogP contribution in [-0.4, -0.2) is 22.9 Å². The summed E-state index contributed by atoms with van der Waals surface area (Å²) in [6, 6.07) is 3.60. The molecule has 0 radical (unpaired) electrons. The SMILES string of the molecule is CC(C)N(C(=O)c1occc1C#N)C(C)C. The van der Waals surface area contributed by atoms with Crippen LogP contribution in [0.1, 0.15) is 43.8 Å². The van der Waals surface area contributed by atoms with Gasteiger partial charge in [-0.25, -0.2) is 0 Å². The first-order valence-electron chi connectivity index (χ1n) is 5.29. The summed E-state index contributed by atoms with van der Waals surface area (Å²) in [6.07, 6.45) is 1.37. The average Bonchev–Trinajstić information content (AvgIpc) is 2.63. The molecule has 0 aliphatic rings. The first-order valence-corrected chi connectivity index (χ1v) is 5.29. The number of nitriles is 1. The van der Waals surface area contributed by atoms with Crippen LogP contribution < -0.4 is 0 Å². The zero-order chi connectivity index (χ0) is 12.3. The zero-order valence-electron chi connectivity index (χ0n) is 10.0. The van der Waals surface area contributed by atoms with Gasteiger partial charge < -0.3 is 9.32 Å². The molecule has 0 aliphatic carbocycles. The number of rotatable bonds is 3. The summed E-state index contributed by atoms with van der Waals surface area (Å²) in [5.74, 6) is -0.101. The molecule has 1 heterocycles. The molecule has 0 atom stereocenters. The summed E-state index contributed by atoms with van der Waals surface area (Å²) in [7, 11) is 0. The van der Waals surface area contributed by atoms with Gasteiger partial charge in [-0.05, 0) is 33.8 Å². The topological polar surface area (TPSA) is 57.2 Å². The second-order valence-electron chi connectivity index (χ2n) is 4.18. The van der Waals surface area contributed by atoms with Crippen molar-refractivity contribution in [1.29, 1.82) is 5.26 Å². The lowest BCUT2D eigenvalue weighted by Crippen LogP contribution is -2.42. The molecule has 86 valence electrons. The summed E-state index contributed by atoms with van der Waals surface area (Å²) in [4.78, 5) is 13.8. The number of hydrogen-bond acceptors (Lipinski definition) is 3. The first kappa shape index (κ1) is 12.3. The van der Waals surface area contributed by atoms with Crippen molar-refractivity contribution >= 4 is 5.91 Å². The van der Waals surface area contributed by atoms with Crippen LogP contribution in [-0.2, 0) is 0 Å². The van der Waals surface area contributed by atoms with Crippen molar-refractivity contribution in [2.24, 2.45) is 0 Å². The molecule has 0 saturated heterocycles. The van der Waals surface area contributed by atoms with E-state index in [9.17, 15) is 4.79 Å². The Hall–Kier alpha value is -1.76. The van der Waals surface area contributed by atoms with E-state index in [-0.39, 0.29) is 29.3 Å². The molecule has 0 saturated carbocycles. The molecule has 0 unspecified atom stereocenters. The van der Waals surface area contributed by atoms with Gasteiger partial charge in [0.2, 0.25) is 5.76 Å². The van der Waals surface area contributed by atoms with Crippen LogP contribution in [0.5, 0.6) is 0 Å². The minimum atomic E-state index is -0.230. The van der Waals surface area contributed by atoms with E-state index in [1.807, 2.05) is 33.8 Å². The van der Waals surface area contributed by atoms with Gasteiger partial charge in [-0.15, -0.1) is 0 Å². The average molecular weight is 220 g/mol. The zero-order valence-corrected chi connectivity index (χ0v) is 10.0. The molecule has 16 heavy (non-hydrogen) atoms. The maximum absolute atomic E-state index is 12.1. The fourth-order valence-corrected chi connectivity index (χ4v) is 1.75. The molecule has 0 N–H and O–H groups in total. The number of carbonyl (C=O) groups excluding carboxylic acids is 1. The Morgan fingerprint density at radius 2 is 1.94 bits per heavy atom. The van der Waals surface area contributed by atoms with Gasteiger partial charge in [0.25, 0.3) is 5.91 Å². The van der Waals surface area contributed by atoms with Crippen molar-refractivity contribution in [2.45, 2.75) is 39.8 Å². The van der Waals surface area contributed by atoms with Crippen LogP contribution in [0.2, 0.25) is 0 Å². The quantitative estimate of drug-likeness (QED) is 0.786. The molecule has 1 aromatic heterocycles. The van der Waals surface area contributed by atoms with Gasteiger partial charge in [-0.3, -0.25) is 4.79 Å². The summed E-state index contributed by atoms with van der Waals surface area (Å²) < 4.78 is 5.08. The molecule has 0 spiro atoms. The molecule has 1 amide bonds. The highest BCUT2D eigenvalue weighted by molar-refractivity contribution is 5.94. The van der Waals surface area contributed by atoms with Gasteiger partial charge in [0.15, 0.2) is 0 Å². The minimum absolute atomic E-state index is 0.0733. The van der Waals surface area contributed by atoms with Gasteiger partial charge in [0.05, 0.1) is 6.26 Å². The van der Waals surface area contributed by atoms with Gasteiger partial charge in [-0.1, -0.05) is 0 Å². The van der Waals surface area contributed by atoms with Crippen molar-refractivity contribution in [1.82, 2.24) is 4.90 Å². The van der Waals surface area contributed by atoms with Crippen molar-refractivity contribution in [3.05, 3.63) is 23.7 Å². The molecule has 1 rings (SSSR count). The molecule has 0 aliphatic heterocycles. The minimum Gasteiger partial charge on any atom is -0.458 e. The predicted molar refractivity (Wildman–Crippen MR) is 59.9 cm³/mol. The number of carbonyl (C=O) groups is 1. The van der Waals surface area contributed by atoms with Crippen LogP contribution in [0, 0.1) is 11.3 Å². The molecular formula is C12H16N2O2. The fourth-order valence-electron chi connectivity index (χ4n) is 1.75. The summed E-state index contributed by atoms with van der Waals surface area (Å²) >= 11 is 0. The second-order valence-corrected chi connectivity index (χ2v) is 4.18. The maximum atomic E-state index is 12.1. The normalized spacial score (nSPS) is 10.6. The van der Waals surface area contributed by atoms with E-state index in [0.29, 0.717) is 0 Å². The Morgan fingerprint density at radius 3 is 2.38 bits per heavy atom. The third-order valence-electron chi connectivity index (χ3n) is 2.33. The Bertz CT molecular complexity index is 405. The van der Waals surface area contributed by atoms with Gasteiger partial charge in [0, 0.05) is 12.1 Å². The van der Waals surface area contributed by atoms with E-state index in [4.69, 9.17) is 9.68 Å². The first-order chi connectivity index (χ1) is 7.49. The van der Waals surface area contributed by atoms with Crippen molar-refractivity contribution in [3.63, 3.8) is 0 Å². The second kappa shape index (κ2) is 4.84. The smallest absolute Gasteiger partial charge is 0.291 e. The van der Waals surface area contributed by atoms with Gasteiger partial charge in [0.1, 0.15) is 11.6 Å². The van der Waals surface area contributed by atoms with Crippen LogP contribution in [0.15, 0.2) is 16.7 Å².